The zero-order valence-corrected chi connectivity index (χ0v) is 14.8. The third kappa shape index (κ3) is 3.77. The molecule has 26 heavy (non-hydrogen) atoms. The molecule has 0 saturated heterocycles. The normalized spacial score (nSPS) is 14.9. The van der Waals surface area contributed by atoms with Gasteiger partial charge in [0.1, 0.15) is 16.9 Å². The van der Waals surface area contributed by atoms with Gasteiger partial charge < -0.3 is 10.1 Å². The molecule has 1 aliphatic carbocycles. The minimum Gasteiger partial charge on any atom is -0.456 e. The van der Waals surface area contributed by atoms with Crippen molar-refractivity contribution >= 4 is 23.2 Å². The SMILES string of the molecule is CC(Oc1ncc(Cl)c(Nc2cc(C3CC3)[nH]n2)n1)c1ccc(F)cc1. The van der Waals surface area contributed by atoms with Crippen LogP contribution in [0, 0.1) is 5.82 Å². The van der Waals surface area contributed by atoms with Crippen molar-refractivity contribution in [1.29, 1.82) is 0 Å². The number of ether oxygens (including phenoxy) is 1. The molecule has 8 heteroatoms. The smallest absolute Gasteiger partial charge is 0.319 e. The molecule has 2 aromatic heterocycles. The number of aromatic amines is 1. The molecule has 1 atom stereocenters. The Balaban J connectivity index is 1.48. The van der Waals surface area contributed by atoms with Crippen molar-refractivity contribution in [3.05, 3.63) is 58.6 Å². The molecule has 1 aliphatic rings. The van der Waals surface area contributed by atoms with Crippen LogP contribution in [0.3, 0.4) is 0 Å². The Labute approximate surface area is 154 Å². The van der Waals surface area contributed by atoms with E-state index in [0.717, 1.165) is 11.3 Å². The summed E-state index contributed by atoms with van der Waals surface area (Å²) in [6.45, 7) is 1.84. The van der Waals surface area contributed by atoms with Gasteiger partial charge >= 0.3 is 6.01 Å². The van der Waals surface area contributed by atoms with Gasteiger partial charge in [0.2, 0.25) is 0 Å². The predicted molar refractivity (Wildman–Crippen MR) is 96.3 cm³/mol. The highest BCUT2D eigenvalue weighted by atomic mass is 35.5. The number of H-pyrrole nitrogens is 1. The summed E-state index contributed by atoms with van der Waals surface area (Å²) in [4.78, 5) is 8.42. The fourth-order valence-electron chi connectivity index (χ4n) is 2.58. The van der Waals surface area contributed by atoms with Crippen molar-refractivity contribution in [2.24, 2.45) is 0 Å². The van der Waals surface area contributed by atoms with Crippen molar-refractivity contribution < 1.29 is 9.13 Å². The Morgan fingerprint density at radius 2 is 2.08 bits per heavy atom. The summed E-state index contributed by atoms with van der Waals surface area (Å²) >= 11 is 6.18. The van der Waals surface area contributed by atoms with E-state index in [1.807, 2.05) is 13.0 Å². The molecule has 6 nitrogen and oxygen atoms in total. The first-order chi connectivity index (χ1) is 12.6. The van der Waals surface area contributed by atoms with E-state index in [0.29, 0.717) is 22.6 Å². The maximum absolute atomic E-state index is 13.0. The van der Waals surface area contributed by atoms with Crippen LogP contribution in [0.5, 0.6) is 6.01 Å². The van der Waals surface area contributed by atoms with Crippen LogP contribution in [0.4, 0.5) is 16.0 Å². The number of anilines is 2. The van der Waals surface area contributed by atoms with Crippen LogP contribution in [0.2, 0.25) is 5.02 Å². The standard InChI is InChI=1S/C18H17ClFN5O/c1-10(11-4-6-13(20)7-5-11)26-18-21-9-14(19)17(23-18)22-16-8-15(24-25-16)12-2-3-12/h4-10,12H,2-3H2,1H3,(H2,21,22,23,24,25). The second-order valence-corrected chi connectivity index (χ2v) is 6.68. The summed E-state index contributed by atoms with van der Waals surface area (Å²) in [5.41, 5.74) is 1.93. The van der Waals surface area contributed by atoms with Gasteiger partial charge in [0.25, 0.3) is 0 Å². The molecule has 0 spiro atoms. The van der Waals surface area contributed by atoms with Gasteiger partial charge in [-0.2, -0.15) is 10.1 Å². The molecule has 2 N–H and O–H groups in total. The van der Waals surface area contributed by atoms with Crippen molar-refractivity contribution in [3.8, 4) is 6.01 Å². The largest absolute Gasteiger partial charge is 0.456 e. The predicted octanol–water partition coefficient (Wildman–Crippen LogP) is 4.75. The lowest BCUT2D eigenvalue weighted by molar-refractivity contribution is 0.207. The van der Waals surface area contributed by atoms with Gasteiger partial charge in [-0.25, -0.2) is 9.37 Å². The lowest BCUT2D eigenvalue weighted by Gasteiger charge is -2.14. The maximum atomic E-state index is 13.0. The van der Waals surface area contributed by atoms with Crippen LogP contribution in [0.15, 0.2) is 36.5 Å². The van der Waals surface area contributed by atoms with Crippen LogP contribution in [0.25, 0.3) is 0 Å². The van der Waals surface area contributed by atoms with Gasteiger partial charge in [0, 0.05) is 17.7 Å². The number of nitrogens with one attached hydrogen (secondary N) is 2. The first kappa shape index (κ1) is 16.8. The van der Waals surface area contributed by atoms with Crippen LogP contribution in [-0.2, 0) is 0 Å². The van der Waals surface area contributed by atoms with E-state index in [1.54, 1.807) is 12.1 Å². The Morgan fingerprint density at radius 3 is 2.81 bits per heavy atom. The van der Waals surface area contributed by atoms with Gasteiger partial charge in [-0.15, -0.1) is 0 Å². The molecule has 1 saturated carbocycles. The Bertz CT molecular complexity index is 910. The van der Waals surface area contributed by atoms with E-state index in [-0.39, 0.29) is 17.9 Å². The molecular formula is C18H17ClFN5O. The average Bonchev–Trinajstić information content (AvgIpc) is 3.38. The maximum Gasteiger partial charge on any atom is 0.319 e. The molecule has 1 unspecified atom stereocenters. The third-order valence-electron chi connectivity index (χ3n) is 4.20. The van der Waals surface area contributed by atoms with Crippen LogP contribution in [0.1, 0.15) is 43.0 Å². The lowest BCUT2D eigenvalue weighted by atomic mass is 10.1. The van der Waals surface area contributed by atoms with Gasteiger partial charge in [-0.05, 0) is 37.5 Å². The van der Waals surface area contributed by atoms with Crippen LogP contribution >= 0.6 is 11.6 Å². The summed E-state index contributed by atoms with van der Waals surface area (Å²) in [5, 5.41) is 10.7. The molecular weight excluding hydrogens is 357 g/mol. The molecule has 0 radical (unpaired) electrons. The van der Waals surface area contributed by atoms with Crippen molar-refractivity contribution in [2.45, 2.75) is 31.8 Å². The third-order valence-corrected chi connectivity index (χ3v) is 4.48. The van der Waals surface area contributed by atoms with E-state index < -0.39 is 0 Å². The molecule has 1 aromatic carbocycles. The molecule has 1 fully saturated rings. The number of benzene rings is 1. The summed E-state index contributed by atoms with van der Waals surface area (Å²) < 4.78 is 18.8. The molecule has 0 amide bonds. The van der Waals surface area contributed by atoms with Crippen molar-refractivity contribution in [2.75, 3.05) is 5.32 Å². The number of rotatable bonds is 6. The topological polar surface area (TPSA) is 75.7 Å². The molecule has 4 rings (SSSR count). The zero-order valence-electron chi connectivity index (χ0n) is 14.0. The minimum absolute atomic E-state index is 0.173. The summed E-state index contributed by atoms with van der Waals surface area (Å²) in [5.74, 6) is 1.34. The fraction of sp³-hybridized carbons (Fsp3) is 0.278. The van der Waals surface area contributed by atoms with E-state index >= 15 is 0 Å². The van der Waals surface area contributed by atoms with Gasteiger partial charge in [0.15, 0.2) is 11.6 Å². The highest BCUT2D eigenvalue weighted by Crippen LogP contribution is 2.39. The number of halogens is 2. The molecule has 134 valence electrons. The molecule has 2 heterocycles. The first-order valence-corrected chi connectivity index (χ1v) is 8.73. The highest BCUT2D eigenvalue weighted by Gasteiger charge is 2.25. The summed E-state index contributed by atoms with van der Waals surface area (Å²) in [6.07, 6.45) is 3.51. The van der Waals surface area contributed by atoms with Crippen LogP contribution < -0.4 is 10.1 Å². The Hall–Kier alpha value is -2.67. The van der Waals surface area contributed by atoms with Crippen LogP contribution in [-0.4, -0.2) is 20.2 Å². The summed E-state index contributed by atoms with van der Waals surface area (Å²) in [7, 11) is 0. The van der Waals surface area contributed by atoms with Gasteiger partial charge in [-0.3, -0.25) is 5.10 Å². The van der Waals surface area contributed by atoms with E-state index in [2.05, 4.69) is 25.5 Å². The number of hydrogen-bond acceptors (Lipinski definition) is 5. The Morgan fingerprint density at radius 1 is 1.31 bits per heavy atom. The highest BCUT2D eigenvalue weighted by molar-refractivity contribution is 6.32. The summed E-state index contributed by atoms with van der Waals surface area (Å²) in [6, 6.07) is 8.24. The fourth-order valence-corrected chi connectivity index (χ4v) is 2.72. The zero-order chi connectivity index (χ0) is 18.1. The molecule has 0 bridgehead atoms. The van der Waals surface area contributed by atoms with Gasteiger partial charge in [-0.1, -0.05) is 23.7 Å². The Kier molecular flexibility index (Phi) is 4.46. The van der Waals surface area contributed by atoms with E-state index in [4.69, 9.17) is 16.3 Å². The number of aromatic nitrogens is 4. The second-order valence-electron chi connectivity index (χ2n) is 6.27. The average molecular weight is 374 g/mol. The number of hydrogen-bond donors (Lipinski definition) is 2. The van der Waals surface area contributed by atoms with E-state index in [9.17, 15) is 4.39 Å². The second kappa shape index (κ2) is 6.92. The molecule has 0 aliphatic heterocycles. The lowest BCUT2D eigenvalue weighted by Crippen LogP contribution is -2.07. The minimum atomic E-state index is -0.337. The monoisotopic (exact) mass is 373 g/mol. The molecule has 3 aromatic rings. The number of nitrogens with zero attached hydrogens (tertiary/aromatic N) is 3. The first-order valence-electron chi connectivity index (χ1n) is 8.35. The van der Waals surface area contributed by atoms with Crippen molar-refractivity contribution in [1.82, 2.24) is 20.2 Å². The van der Waals surface area contributed by atoms with E-state index in [1.165, 1.54) is 31.2 Å². The van der Waals surface area contributed by atoms with Crippen molar-refractivity contribution in [3.63, 3.8) is 0 Å². The van der Waals surface area contributed by atoms with Gasteiger partial charge in [0.05, 0.1) is 6.20 Å². The quantitative estimate of drug-likeness (QED) is 0.651.